The summed E-state index contributed by atoms with van der Waals surface area (Å²) in [4.78, 5) is 15.1. The van der Waals surface area contributed by atoms with Crippen molar-refractivity contribution in [1.82, 2.24) is 4.98 Å². The molecule has 2 N–H and O–H groups in total. The monoisotopic (exact) mass is 265 g/mol. The number of carboxylic acid groups (broad SMARTS) is 1. The number of carboxylic acids is 1. The molecule has 0 spiro atoms. The fourth-order valence-electron chi connectivity index (χ4n) is 2.11. The van der Waals surface area contributed by atoms with Crippen molar-refractivity contribution in [2.45, 2.75) is 0 Å². The number of phenolic OH excluding ortho intramolecular Hbond substituents is 1. The molecule has 0 saturated heterocycles. The van der Waals surface area contributed by atoms with Crippen molar-refractivity contribution in [2.24, 2.45) is 0 Å². The standard InChI is InChI=1S/C16H11NO3/c18-13-7-6-10-8-12(5-4-11(10)9-13)14-2-1-3-15(17-14)16(19)20/h1-9,18H,(H,19,20). The third-order valence-electron chi connectivity index (χ3n) is 3.09. The Bertz CT molecular complexity index is 812. The van der Waals surface area contributed by atoms with Crippen LogP contribution >= 0.6 is 0 Å². The molecule has 3 aromatic rings. The Morgan fingerprint density at radius 1 is 0.950 bits per heavy atom. The molecular formula is C16H11NO3. The summed E-state index contributed by atoms with van der Waals surface area (Å²) in [6.07, 6.45) is 0. The van der Waals surface area contributed by atoms with Gasteiger partial charge in [-0.2, -0.15) is 0 Å². The summed E-state index contributed by atoms with van der Waals surface area (Å²) in [5.41, 5.74) is 1.47. The van der Waals surface area contributed by atoms with Gasteiger partial charge >= 0.3 is 5.97 Å². The van der Waals surface area contributed by atoms with E-state index in [0.29, 0.717) is 5.69 Å². The van der Waals surface area contributed by atoms with Crippen molar-refractivity contribution in [2.75, 3.05) is 0 Å². The largest absolute Gasteiger partial charge is 0.508 e. The van der Waals surface area contributed by atoms with Gasteiger partial charge in [0.2, 0.25) is 0 Å². The number of aromatic nitrogens is 1. The third kappa shape index (κ3) is 2.19. The average molecular weight is 265 g/mol. The number of fused-ring (bicyclic) bond motifs is 1. The SMILES string of the molecule is O=C(O)c1cccc(-c2ccc3cc(O)ccc3c2)n1. The van der Waals surface area contributed by atoms with Gasteiger partial charge in [0, 0.05) is 5.56 Å². The molecule has 0 unspecified atom stereocenters. The molecule has 4 heteroatoms. The molecular weight excluding hydrogens is 254 g/mol. The van der Waals surface area contributed by atoms with E-state index in [4.69, 9.17) is 5.11 Å². The number of pyridine rings is 1. The van der Waals surface area contributed by atoms with Crippen LogP contribution in [0.5, 0.6) is 5.75 Å². The van der Waals surface area contributed by atoms with Gasteiger partial charge in [0.25, 0.3) is 0 Å². The first-order chi connectivity index (χ1) is 9.63. The second-order valence-electron chi connectivity index (χ2n) is 4.46. The minimum atomic E-state index is -1.04. The summed E-state index contributed by atoms with van der Waals surface area (Å²) >= 11 is 0. The number of benzene rings is 2. The van der Waals surface area contributed by atoms with Crippen LogP contribution in [-0.2, 0) is 0 Å². The highest BCUT2D eigenvalue weighted by Crippen LogP contribution is 2.25. The van der Waals surface area contributed by atoms with Crippen molar-refractivity contribution >= 4 is 16.7 Å². The van der Waals surface area contributed by atoms with Crippen LogP contribution in [-0.4, -0.2) is 21.2 Å². The summed E-state index contributed by atoms with van der Waals surface area (Å²) in [7, 11) is 0. The van der Waals surface area contributed by atoms with Gasteiger partial charge in [-0.1, -0.05) is 24.3 Å². The number of hydrogen-bond acceptors (Lipinski definition) is 3. The highest BCUT2D eigenvalue weighted by molar-refractivity contribution is 5.89. The van der Waals surface area contributed by atoms with E-state index in [2.05, 4.69) is 4.98 Å². The average Bonchev–Trinajstić information content (AvgIpc) is 2.47. The zero-order valence-corrected chi connectivity index (χ0v) is 10.4. The summed E-state index contributed by atoms with van der Waals surface area (Å²) < 4.78 is 0. The molecule has 0 atom stereocenters. The van der Waals surface area contributed by atoms with Crippen LogP contribution in [0.15, 0.2) is 54.6 Å². The number of aromatic hydroxyl groups is 1. The van der Waals surface area contributed by atoms with E-state index in [0.717, 1.165) is 16.3 Å². The van der Waals surface area contributed by atoms with Crippen LogP contribution in [0.2, 0.25) is 0 Å². The van der Waals surface area contributed by atoms with E-state index in [1.165, 1.54) is 6.07 Å². The quantitative estimate of drug-likeness (QED) is 0.745. The third-order valence-corrected chi connectivity index (χ3v) is 3.09. The van der Waals surface area contributed by atoms with Gasteiger partial charge in [0.15, 0.2) is 0 Å². The summed E-state index contributed by atoms with van der Waals surface area (Å²) in [5, 5.41) is 20.3. The molecule has 20 heavy (non-hydrogen) atoms. The summed E-state index contributed by atoms with van der Waals surface area (Å²) in [6, 6.07) is 15.7. The Morgan fingerprint density at radius 2 is 1.70 bits per heavy atom. The highest BCUT2D eigenvalue weighted by atomic mass is 16.4. The fraction of sp³-hybridized carbons (Fsp3) is 0. The lowest BCUT2D eigenvalue weighted by atomic mass is 10.0. The van der Waals surface area contributed by atoms with Crippen LogP contribution in [0.25, 0.3) is 22.0 Å². The van der Waals surface area contributed by atoms with Crippen LogP contribution in [0.3, 0.4) is 0 Å². The van der Waals surface area contributed by atoms with Crippen LogP contribution in [0, 0.1) is 0 Å². The van der Waals surface area contributed by atoms with E-state index in [9.17, 15) is 9.90 Å². The smallest absolute Gasteiger partial charge is 0.354 e. The Morgan fingerprint density at radius 3 is 2.50 bits per heavy atom. The number of rotatable bonds is 2. The van der Waals surface area contributed by atoms with Crippen LogP contribution < -0.4 is 0 Å². The first-order valence-corrected chi connectivity index (χ1v) is 6.07. The maximum Gasteiger partial charge on any atom is 0.354 e. The molecule has 1 heterocycles. The van der Waals surface area contributed by atoms with E-state index < -0.39 is 5.97 Å². The van der Waals surface area contributed by atoms with Gasteiger partial charge in [-0.15, -0.1) is 0 Å². The van der Waals surface area contributed by atoms with Gasteiger partial charge in [-0.25, -0.2) is 9.78 Å². The number of carbonyl (C=O) groups is 1. The number of aromatic carboxylic acids is 1. The zero-order chi connectivity index (χ0) is 14.1. The van der Waals surface area contributed by atoms with Gasteiger partial charge in [0.1, 0.15) is 11.4 Å². The molecule has 0 radical (unpaired) electrons. The predicted molar refractivity (Wildman–Crippen MR) is 75.8 cm³/mol. The van der Waals surface area contributed by atoms with Crippen molar-refractivity contribution in [3.8, 4) is 17.0 Å². The van der Waals surface area contributed by atoms with Gasteiger partial charge in [-0.05, 0) is 41.1 Å². The van der Waals surface area contributed by atoms with E-state index in [1.807, 2.05) is 24.3 Å². The first kappa shape index (κ1) is 12.2. The summed E-state index contributed by atoms with van der Waals surface area (Å²) in [5.74, 6) is -0.825. The van der Waals surface area contributed by atoms with Gasteiger partial charge in [-0.3, -0.25) is 0 Å². The maximum atomic E-state index is 10.9. The highest BCUT2D eigenvalue weighted by Gasteiger charge is 2.07. The molecule has 98 valence electrons. The second kappa shape index (κ2) is 4.66. The number of hydrogen-bond donors (Lipinski definition) is 2. The van der Waals surface area contributed by atoms with E-state index in [-0.39, 0.29) is 11.4 Å². The topological polar surface area (TPSA) is 70.4 Å². The minimum absolute atomic E-state index is 0.0216. The number of phenols is 1. The predicted octanol–water partition coefficient (Wildman–Crippen LogP) is 3.31. The Labute approximate surface area is 115 Å². The molecule has 0 aliphatic heterocycles. The molecule has 3 rings (SSSR count). The zero-order valence-electron chi connectivity index (χ0n) is 10.4. The van der Waals surface area contributed by atoms with Crippen molar-refractivity contribution in [3.05, 3.63) is 60.3 Å². The van der Waals surface area contributed by atoms with Crippen molar-refractivity contribution < 1.29 is 15.0 Å². The lowest BCUT2D eigenvalue weighted by molar-refractivity contribution is 0.0690. The van der Waals surface area contributed by atoms with Gasteiger partial charge < -0.3 is 10.2 Å². The minimum Gasteiger partial charge on any atom is -0.508 e. The molecule has 0 bridgehead atoms. The molecule has 1 aromatic heterocycles. The fourth-order valence-corrected chi connectivity index (χ4v) is 2.11. The van der Waals surface area contributed by atoms with E-state index in [1.54, 1.807) is 24.3 Å². The molecule has 0 fully saturated rings. The molecule has 2 aromatic carbocycles. The van der Waals surface area contributed by atoms with Crippen molar-refractivity contribution in [3.63, 3.8) is 0 Å². The van der Waals surface area contributed by atoms with Crippen molar-refractivity contribution in [1.29, 1.82) is 0 Å². The van der Waals surface area contributed by atoms with E-state index >= 15 is 0 Å². The molecule has 4 nitrogen and oxygen atoms in total. The summed E-state index contributed by atoms with van der Waals surface area (Å²) in [6.45, 7) is 0. The second-order valence-corrected chi connectivity index (χ2v) is 4.46. The maximum absolute atomic E-state index is 10.9. The molecule has 0 aliphatic rings. The molecule has 0 aliphatic carbocycles. The Kier molecular flexibility index (Phi) is 2.84. The first-order valence-electron chi connectivity index (χ1n) is 6.07. The lowest BCUT2D eigenvalue weighted by Crippen LogP contribution is -2.00. The molecule has 0 saturated carbocycles. The lowest BCUT2D eigenvalue weighted by Gasteiger charge is -2.05. The number of nitrogens with zero attached hydrogens (tertiary/aromatic N) is 1. The molecule has 0 amide bonds. The van der Waals surface area contributed by atoms with Gasteiger partial charge in [0.05, 0.1) is 5.69 Å². The Balaban J connectivity index is 2.12. The van der Waals surface area contributed by atoms with Crippen LogP contribution in [0.4, 0.5) is 0 Å². The Hall–Kier alpha value is -2.88. The van der Waals surface area contributed by atoms with Crippen LogP contribution in [0.1, 0.15) is 10.5 Å². The normalized spacial score (nSPS) is 10.6.